The van der Waals surface area contributed by atoms with Crippen LogP contribution in [0.1, 0.15) is 17.3 Å². The van der Waals surface area contributed by atoms with Crippen molar-refractivity contribution in [3.63, 3.8) is 0 Å². The van der Waals surface area contributed by atoms with Crippen LogP contribution >= 0.6 is 0 Å². The summed E-state index contributed by atoms with van der Waals surface area (Å²) in [5.41, 5.74) is 0.0883. The molecule has 0 aromatic heterocycles. The standard InChI is InChI=1S/C11H12O5/c1-8(12)15-6-7-16-11(14)9-4-2-3-5-10(9)13/h2-5,13H,6-7H2,1H3. The molecule has 5 nitrogen and oxygen atoms in total. The molecule has 0 radical (unpaired) electrons. The average Bonchev–Trinajstić information content (AvgIpc) is 2.24. The molecule has 1 aromatic carbocycles. The van der Waals surface area contributed by atoms with E-state index in [9.17, 15) is 14.7 Å². The summed E-state index contributed by atoms with van der Waals surface area (Å²) in [6, 6.07) is 6.06. The van der Waals surface area contributed by atoms with Crippen LogP contribution < -0.4 is 0 Å². The fraction of sp³-hybridized carbons (Fsp3) is 0.273. The van der Waals surface area contributed by atoms with Gasteiger partial charge in [-0.2, -0.15) is 0 Å². The van der Waals surface area contributed by atoms with Crippen molar-refractivity contribution in [1.29, 1.82) is 0 Å². The van der Waals surface area contributed by atoms with Crippen molar-refractivity contribution in [2.24, 2.45) is 0 Å². The Morgan fingerprint density at radius 2 is 1.81 bits per heavy atom. The van der Waals surface area contributed by atoms with E-state index in [-0.39, 0.29) is 24.5 Å². The molecule has 0 amide bonds. The highest BCUT2D eigenvalue weighted by atomic mass is 16.6. The minimum Gasteiger partial charge on any atom is -0.507 e. The third-order valence-corrected chi connectivity index (χ3v) is 1.75. The van der Waals surface area contributed by atoms with Crippen molar-refractivity contribution in [3.05, 3.63) is 29.8 Å². The number of benzene rings is 1. The van der Waals surface area contributed by atoms with Crippen LogP contribution in [-0.2, 0) is 14.3 Å². The Labute approximate surface area is 92.6 Å². The van der Waals surface area contributed by atoms with Crippen molar-refractivity contribution in [1.82, 2.24) is 0 Å². The molecule has 5 heteroatoms. The summed E-state index contributed by atoms with van der Waals surface area (Å²) in [5, 5.41) is 9.34. The molecule has 0 aliphatic heterocycles. The number of carbonyl (C=O) groups is 2. The topological polar surface area (TPSA) is 72.8 Å². The number of ether oxygens (including phenoxy) is 2. The van der Waals surface area contributed by atoms with Gasteiger partial charge in [-0.15, -0.1) is 0 Å². The maximum atomic E-state index is 11.4. The molecule has 1 rings (SSSR count). The zero-order valence-corrected chi connectivity index (χ0v) is 8.80. The molecule has 16 heavy (non-hydrogen) atoms. The van der Waals surface area contributed by atoms with E-state index >= 15 is 0 Å². The van der Waals surface area contributed by atoms with Gasteiger partial charge in [0.05, 0.1) is 0 Å². The van der Waals surface area contributed by atoms with E-state index in [0.29, 0.717) is 0 Å². The Hall–Kier alpha value is -2.04. The second-order valence-corrected chi connectivity index (χ2v) is 2.99. The van der Waals surface area contributed by atoms with Crippen LogP contribution in [0.2, 0.25) is 0 Å². The van der Waals surface area contributed by atoms with Crippen molar-refractivity contribution in [2.75, 3.05) is 13.2 Å². The second-order valence-electron chi connectivity index (χ2n) is 2.99. The first kappa shape index (κ1) is 12.0. The molecule has 86 valence electrons. The number of para-hydroxylation sites is 1. The van der Waals surface area contributed by atoms with Crippen LogP contribution in [0.5, 0.6) is 5.75 Å². The van der Waals surface area contributed by atoms with Gasteiger partial charge in [0.1, 0.15) is 24.5 Å². The number of carbonyl (C=O) groups excluding carboxylic acids is 2. The molecule has 0 fully saturated rings. The van der Waals surface area contributed by atoms with Gasteiger partial charge >= 0.3 is 11.9 Å². The first-order chi connectivity index (χ1) is 7.61. The number of hydrogen-bond donors (Lipinski definition) is 1. The normalized spacial score (nSPS) is 9.56. The Bertz CT molecular complexity index is 386. The molecule has 0 atom stereocenters. The molecule has 1 aromatic rings. The predicted molar refractivity (Wildman–Crippen MR) is 55.0 cm³/mol. The quantitative estimate of drug-likeness (QED) is 0.612. The van der Waals surface area contributed by atoms with Gasteiger partial charge in [-0.3, -0.25) is 4.79 Å². The van der Waals surface area contributed by atoms with Crippen LogP contribution in [0.25, 0.3) is 0 Å². The first-order valence-electron chi connectivity index (χ1n) is 4.69. The molecule has 0 aliphatic carbocycles. The summed E-state index contributed by atoms with van der Waals surface area (Å²) in [6.45, 7) is 1.24. The third kappa shape index (κ3) is 3.61. The van der Waals surface area contributed by atoms with Gasteiger partial charge in [-0.1, -0.05) is 12.1 Å². The third-order valence-electron chi connectivity index (χ3n) is 1.75. The largest absolute Gasteiger partial charge is 0.507 e. The monoisotopic (exact) mass is 224 g/mol. The van der Waals surface area contributed by atoms with Crippen molar-refractivity contribution in [2.45, 2.75) is 6.92 Å². The molecule has 0 unspecified atom stereocenters. The minimum absolute atomic E-state index is 0.00860. The zero-order chi connectivity index (χ0) is 12.0. The number of phenols is 1. The molecule has 0 saturated carbocycles. The first-order valence-corrected chi connectivity index (χ1v) is 4.69. The Balaban J connectivity index is 2.41. The molecule has 0 heterocycles. The summed E-state index contributed by atoms with van der Waals surface area (Å²) in [4.78, 5) is 21.8. The van der Waals surface area contributed by atoms with E-state index in [0.717, 1.165) is 0 Å². The van der Waals surface area contributed by atoms with Crippen molar-refractivity contribution < 1.29 is 24.2 Å². The summed E-state index contributed by atoms with van der Waals surface area (Å²) < 4.78 is 9.36. The maximum Gasteiger partial charge on any atom is 0.342 e. The molecule has 1 N–H and O–H groups in total. The number of rotatable bonds is 4. The summed E-state index contributed by atoms with van der Waals surface area (Å²) in [7, 11) is 0. The number of phenolic OH excluding ortho intramolecular Hbond substituents is 1. The molecule has 0 saturated heterocycles. The van der Waals surface area contributed by atoms with Gasteiger partial charge in [0.25, 0.3) is 0 Å². The highest BCUT2D eigenvalue weighted by Gasteiger charge is 2.11. The smallest absolute Gasteiger partial charge is 0.342 e. The summed E-state index contributed by atoms with van der Waals surface area (Å²) >= 11 is 0. The predicted octanol–water partition coefficient (Wildman–Crippen LogP) is 1.11. The number of aromatic hydroxyl groups is 1. The second kappa shape index (κ2) is 5.75. The minimum atomic E-state index is -0.648. The fourth-order valence-corrected chi connectivity index (χ4v) is 1.04. The van der Waals surface area contributed by atoms with Gasteiger partial charge in [0, 0.05) is 6.92 Å². The lowest BCUT2D eigenvalue weighted by molar-refractivity contribution is -0.142. The average molecular weight is 224 g/mol. The van der Waals surface area contributed by atoms with Crippen LogP contribution in [0.4, 0.5) is 0 Å². The lowest BCUT2D eigenvalue weighted by Crippen LogP contribution is -2.12. The molecule has 0 aliphatic rings. The number of hydrogen-bond acceptors (Lipinski definition) is 5. The molecule has 0 spiro atoms. The Morgan fingerprint density at radius 3 is 2.44 bits per heavy atom. The SMILES string of the molecule is CC(=O)OCCOC(=O)c1ccccc1O. The van der Waals surface area contributed by atoms with E-state index in [2.05, 4.69) is 4.74 Å². The Kier molecular flexibility index (Phi) is 4.32. The summed E-state index contributed by atoms with van der Waals surface area (Å²) in [6.07, 6.45) is 0. The molecular weight excluding hydrogens is 212 g/mol. The van der Waals surface area contributed by atoms with E-state index in [1.165, 1.54) is 19.1 Å². The van der Waals surface area contributed by atoms with Gasteiger partial charge in [-0.25, -0.2) is 4.79 Å². The van der Waals surface area contributed by atoms with Gasteiger partial charge in [0.2, 0.25) is 0 Å². The Morgan fingerprint density at radius 1 is 1.19 bits per heavy atom. The van der Waals surface area contributed by atoms with Crippen LogP contribution in [0.3, 0.4) is 0 Å². The van der Waals surface area contributed by atoms with Gasteiger partial charge in [-0.05, 0) is 12.1 Å². The van der Waals surface area contributed by atoms with Gasteiger partial charge < -0.3 is 14.6 Å². The lowest BCUT2D eigenvalue weighted by Gasteiger charge is -2.05. The van der Waals surface area contributed by atoms with Gasteiger partial charge in [0.15, 0.2) is 0 Å². The van der Waals surface area contributed by atoms with Crippen LogP contribution in [-0.4, -0.2) is 30.3 Å². The molecule has 0 bridgehead atoms. The molecular formula is C11H12O5. The maximum absolute atomic E-state index is 11.4. The van der Waals surface area contributed by atoms with Crippen LogP contribution in [0, 0.1) is 0 Å². The van der Waals surface area contributed by atoms with E-state index in [1.807, 2.05) is 0 Å². The number of esters is 2. The van der Waals surface area contributed by atoms with E-state index in [1.54, 1.807) is 12.1 Å². The van der Waals surface area contributed by atoms with Crippen molar-refractivity contribution >= 4 is 11.9 Å². The summed E-state index contributed by atoms with van der Waals surface area (Å²) in [5.74, 6) is -1.22. The van der Waals surface area contributed by atoms with Crippen molar-refractivity contribution in [3.8, 4) is 5.75 Å². The lowest BCUT2D eigenvalue weighted by atomic mass is 10.2. The van der Waals surface area contributed by atoms with E-state index in [4.69, 9.17) is 4.74 Å². The zero-order valence-electron chi connectivity index (χ0n) is 8.80. The van der Waals surface area contributed by atoms with E-state index < -0.39 is 11.9 Å². The highest BCUT2D eigenvalue weighted by Crippen LogP contribution is 2.16. The fourth-order valence-electron chi connectivity index (χ4n) is 1.04. The highest BCUT2D eigenvalue weighted by molar-refractivity contribution is 5.92. The van der Waals surface area contributed by atoms with Crippen LogP contribution in [0.15, 0.2) is 24.3 Å².